The molecule has 0 aliphatic carbocycles. The molecule has 4 heteroatoms. The molecular weight excluding hydrogens is 364 g/mol. The highest BCUT2D eigenvalue weighted by Gasteiger charge is 2.20. The molecule has 0 N–H and O–H groups in total. The third-order valence-electron chi connectivity index (χ3n) is 5.03. The Morgan fingerprint density at radius 1 is 1.07 bits per heavy atom. The molecule has 0 bridgehead atoms. The fourth-order valence-corrected chi connectivity index (χ4v) is 4.23. The van der Waals surface area contributed by atoms with Gasteiger partial charge in [-0.25, -0.2) is 0 Å². The standard InChI is InChI=1S/C24H24N2OS/c1-3-27-26-17(2)18-6-8-19(9-7-18)20-10-12-21(13-11-20)22-14-15-23(25-22)24-5-4-16-28-24/h4-13,16,22H,3,14-15H2,1-2H3/b26-17-. The Balaban J connectivity index is 1.48. The normalized spacial score (nSPS) is 16.9. The molecule has 1 aliphatic heterocycles. The Labute approximate surface area is 170 Å². The Morgan fingerprint density at radius 2 is 1.79 bits per heavy atom. The average Bonchev–Trinajstić information content (AvgIpc) is 3.44. The number of oxime groups is 1. The average molecular weight is 389 g/mol. The van der Waals surface area contributed by atoms with Crippen molar-refractivity contribution in [3.05, 3.63) is 82.0 Å². The summed E-state index contributed by atoms with van der Waals surface area (Å²) in [5.74, 6) is 0. The zero-order valence-electron chi connectivity index (χ0n) is 16.3. The van der Waals surface area contributed by atoms with Gasteiger partial charge in [0.25, 0.3) is 0 Å². The smallest absolute Gasteiger partial charge is 0.114 e. The van der Waals surface area contributed by atoms with Gasteiger partial charge in [0.2, 0.25) is 0 Å². The van der Waals surface area contributed by atoms with Crippen LogP contribution in [0.1, 0.15) is 48.7 Å². The molecule has 0 spiro atoms. The number of aliphatic imine (C=N–C) groups is 1. The molecule has 0 fully saturated rings. The van der Waals surface area contributed by atoms with Crippen LogP contribution in [-0.2, 0) is 4.84 Å². The van der Waals surface area contributed by atoms with E-state index in [4.69, 9.17) is 9.83 Å². The van der Waals surface area contributed by atoms with E-state index in [-0.39, 0.29) is 6.04 Å². The van der Waals surface area contributed by atoms with E-state index < -0.39 is 0 Å². The first-order valence-corrected chi connectivity index (χ1v) is 10.6. The van der Waals surface area contributed by atoms with Crippen LogP contribution in [-0.4, -0.2) is 18.0 Å². The fourth-order valence-electron chi connectivity index (χ4n) is 3.48. The van der Waals surface area contributed by atoms with Crippen molar-refractivity contribution >= 4 is 22.8 Å². The molecule has 1 aromatic heterocycles. The maximum atomic E-state index is 5.14. The third kappa shape index (κ3) is 4.07. The Kier molecular flexibility index (Phi) is 5.68. The van der Waals surface area contributed by atoms with Crippen LogP contribution in [0.3, 0.4) is 0 Å². The summed E-state index contributed by atoms with van der Waals surface area (Å²) < 4.78 is 0. The van der Waals surface area contributed by atoms with Crippen molar-refractivity contribution in [3.63, 3.8) is 0 Å². The highest BCUT2D eigenvalue weighted by atomic mass is 32.1. The van der Waals surface area contributed by atoms with Crippen LogP contribution in [0.2, 0.25) is 0 Å². The number of thiophene rings is 1. The van der Waals surface area contributed by atoms with Crippen molar-refractivity contribution in [2.45, 2.75) is 32.7 Å². The number of hydrogen-bond acceptors (Lipinski definition) is 4. The van der Waals surface area contributed by atoms with Crippen molar-refractivity contribution in [2.24, 2.45) is 10.1 Å². The molecule has 2 aromatic carbocycles. The van der Waals surface area contributed by atoms with Crippen molar-refractivity contribution < 1.29 is 4.84 Å². The molecule has 4 rings (SSSR count). The Hall–Kier alpha value is -2.72. The van der Waals surface area contributed by atoms with Gasteiger partial charge in [0.1, 0.15) is 6.61 Å². The molecule has 1 aliphatic rings. The minimum absolute atomic E-state index is 0.283. The lowest BCUT2D eigenvalue weighted by Crippen LogP contribution is -1.96. The minimum atomic E-state index is 0.283. The van der Waals surface area contributed by atoms with E-state index in [0.717, 1.165) is 24.1 Å². The van der Waals surface area contributed by atoms with Crippen LogP contribution < -0.4 is 0 Å². The van der Waals surface area contributed by atoms with E-state index in [0.29, 0.717) is 6.61 Å². The summed E-state index contributed by atoms with van der Waals surface area (Å²) >= 11 is 1.78. The monoisotopic (exact) mass is 388 g/mol. The number of rotatable bonds is 6. The van der Waals surface area contributed by atoms with Gasteiger partial charge in [0.05, 0.1) is 17.5 Å². The van der Waals surface area contributed by atoms with Gasteiger partial charge in [0, 0.05) is 4.88 Å². The van der Waals surface area contributed by atoms with Gasteiger partial charge in [-0.1, -0.05) is 59.8 Å². The lowest BCUT2D eigenvalue weighted by atomic mass is 9.98. The second kappa shape index (κ2) is 8.53. The largest absolute Gasteiger partial charge is 0.396 e. The van der Waals surface area contributed by atoms with Crippen LogP contribution >= 0.6 is 11.3 Å². The van der Waals surface area contributed by atoms with Gasteiger partial charge in [-0.05, 0) is 60.4 Å². The summed E-state index contributed by atoms with van der Waals surface area (Å²) in [5.41, 5.74) is 6.94. The number of hydrogen-bond donors (Lipinski definition) is 0. The summed E-state index contributed by atoms with van der Waals surface area (Å²) in [6, 6.07) is 21.8. The number of benzene rings is 2. The third-order valence-corrected chi connectivity index (χ3v) is 5.95. The summed E-state index contributed by atoms with van der Waals surface area (Å²) in [4.78, 5) is 11.4. The summed E-state index contributed by atoms with van der Waals surface area (Å²) in [6.45, 7) is 4.48. The molecule has 1 unspecified atom stereocenters. The van der Waals surface area contributed by atoms with Crippen LogP contribution in [0.5, 0.6) is 0 Å². The first kappa shape index (κ1) is 18.6. The van der Waals surface area contributed by atoms with Crippen molar-refractivity contribution in [3.8, 4) is 11.1 Å². The Morgan fingerprint density at radius 3 is 2.43 bits per heavy atom. The molecule has 3 aromatic rings. The second-order valence-electron chi connectivity index (χ2n) is 6.90. The van der Waals surface area contributed by atoms with Crippen LogP contribution in [0.25, 0.3) is 11.1 Å². The lowest BCUT2D eigenvalue weighted by molar-refractivity contribution is 0.159. The maximum Gasteiger partial charge on any atom is 0.114 e. The maximum absolute atomic E-state index is 5.14. The molecule has 142 valence electrons. The molecule has 0 saturated carbocycles. The van der Waals surface area contributed by atoms with Gasteiger partial charge < -0.3 is 4.84 Å². The van der Waals surface area contributed by atoms with Crippen molar-refractivity contribution in [2.75, 3.05) is 6.61 Å². The predicted octanol–water partition coefficient (Wildman–Crippen LogP) is 6.50. The van der Waals surface area contributed by atoms with E-state index in [9.17, 15) is 0 Å². The molecular formula is C24H24N2OS. The summed E-state index contributed by atoms with van der Waals surface area (Å²) in [6.07, 6.45) is 2.16. The summed E-state index contributed by atoms with van der Waals surface area (Å²) in [7, 11) is 0. The SMILES string of the molecule is CCO/N=C(/C)c1ccc(-c2ccc(C3CCC(c4cccs4)=N3)cc2)cc1. The van der Waals surface area contributed by atoms with E-state index in [1.165, 1.54) is 27.3 Å². The zero-order valence-corrected chi connectivity index (χ0v) is 17.1. The van der Waals surface area contributed by atoms with E-state index in [1.54, 1.807) is 11.3 Å². The molecule has 0 amide bonds. The fraction of sp³-hybridized carbons (Fsp3) is 0.250. The zero-order chi connectivity index (χ0) is 19.3. The van der Waals surface area contributed by atoms with E-state index in [1.807, 2.05) is 13.8 Å². The van der Waals surface area contributed by atoms with Crippen LogP contribution in [0, 0.1) is 0 Å². The van der Waals surface area contributed by atoms with E-state index in [2.05, 4.69) is 71.2 Å². The van der Waals surface area contributed by atoms with E-state index >= 15 is 0 Å². The minimum Gasteiger partial charge on any atom is -0.396 e. The highest BCUT2D eigenvalue weighted by molar-refractivity contribution is 7.12. The second-order valence-corrected chi connectivity index (χ2v) is 7.85. The molecule has 2 heterocycles. The molecule has 1 atom stereocenters. The lowest BCUT2D eigenvalue weighted by Gasteiger charge is -2.09. The van der Waals surface area contributed by atoms with Crippen molar-refractivity contribution in [1.82, 2.24) is 0 Å². The van der Waals surface area contributed by atoms with Gasteiger partial charge in [-0.15, -0.1) is 11.3 Å². The van der Waals surface area contributed by atoms with Gasteiger partial charge >= 0.3 is 0 Å². The van der Waals surface area contributed by atoms with Crippen molar-refractivity contribution in [1.29, 1.82) is 0 Å². The quantitative estimate of drug-likeness (QED) is 0.350. The molecule has 0 radical (unpaired) electrons. The Bertz CT molecular complexity index is 970. The molecule has 0 saturated heterocycles. The summed E-state index contributed by atoms with van der Waals surface area (Å²) in [5, 5.41) is 6.22. The van der Waals surface area contributed by atoms with Gasteiger partial charge in [-0.3, -0.25) is 4.99 Å². The van der Waals surface area contributed by atoms with Gasteiger partial charge in [0.15, 0.2) is 0 Å². The highest BCUT2D eigenvalue weighted by Crippen LogP contribution is 2.33. The number of nitrogens with zero attached hydrogens (tertiary/aromatic N) is 2. The van der Waals surface area contributed by atoms with Crippen LogP contribution in [0.15, 0.2) is 76.2 Å². The topological polar surface area (TPSA) is 34.0 Å². The first-order valence-electron chi connectivity index (χ1n) is 9.72. The van der Waals surface area contributed by atoms with Gasteiger partial charge in [-0.2, -0.15) is 0 Å². The molecule has 28 heavy (non-hydrogen) atoms. The molecule has 3 nitrogen and oxygen atoms in total. The predicted molar refractivity (Wildman–Crippen MR) is 119 cm³/mol. The first-order chi connectivity index (χ1) is 13.7. The van der Waals surface area contributed by atoms with Crippen LogP contribution in [0.4, 0.5) is 0 Å².